The smallest absolute Gasteiger partial charge is 0.0995 e. The van der Waals surface area contributed by atoms with Crippen LogP contribution < -0.4 is 5.32 Å². The summed E-state index contributed by atoms with van der Waals surface area (Å²) in [5.41, 5.74) is 6.40. The predicted molar refractivity (Wildman–Crippen MR) is 125 cm³/mol. The van der Waals surface area contributed by atoms with Gasteiger partial charge in [-0.05, 0) is 66.4 Å². The van der Waals surface area contributed by atoms with E-state index >= 15 is 0 Å². The molecule has 0 aliphatic heterocycles. The maximum atomic E-state index is 4.53. The molecule has 0 saturated carbocycles. The average molecular weight is 395 g/mol. The van der Waals surface area contributed by atoms with Crippen LogP contribution in [0.1, 0.15) is 30.8 Å². The third-order valence-corrected chi connectivity index (χ3v) is 4.73. The zero-order chi connectivity index (χ0) is 20.8. The molecular formula is C26H26N4. The van der Waals surface area contributed by atoms with Crippen LogP contribution in [0.5, 0.6) is 0 Å². The Bertz CT molecular complexity index is 1110. The van der Waals surface area contributed by atoms with E-state index in [2.05, 4.69) is 94.5 Å². The Morgan fingerprint density at radius 1 is 0.900 bits per heavy atom. The summed E-state index contributed by atoms with van der Waals surface area (Å²) in [6.45, 7) is 4.42. The van der Waals surface area contributed by atoms with Gasteiger partial charge in [-0.2, -0.15) is 0 Å². The van der Waals surface area contributed by atoms with Gasteiger partial charge in [0.05, 0.1) is 17.7 Å². The Morgan fingerprint density at radius 3 is 2.53 bits per heavy atom. The van der Waals surface area contributed by atoms with Crippen LogP contribution in [0, 0.1) is 5.92 Å². The highest BCUT2D eigenvalue weighted by molar-refractivity contribution is 5.70. The van der Waals surface area contributed by atoms with Gasteiger partial charge in [-0.3, -0.25) is 4.98 Å². The fraction of sp³-hybridized carbons (Fsp3) is 0.154. The number of rotatable bonds is 7. The molecule has 0 unspecified atom stereocenters. The first kappa shape index (κ1) is 19.6. The quantitative estimate of drug-likeness (QED) is 0.395. The number of nitrogens with one attached hydrogen (secondary N) is 1. The molecule has 4 aromatic rings. The second kappa shape index (κ2) is 9.23. The van der Waals surface area contributed by atoms with Crippen molar-refractivity contribution in [2.45, 2.75) is 20.3 Å². The van der Waals surface area contributed by atoms with Crippen molar-refractivity contribution >= 4 is 23.5 Å². The molecule has 0 bridgehead atoms. The molecule has 0 amide bonds. The van der Waals surface area contributed by atoms with Crippen molar-refractivity contribution in [2.24, 2.45) is 5.92 Å². The predicted octanol–water partition coefficient (Wildman–Crippen LogP) is 6.38. The fourth-order valence-corrected chi connectivity index (χ4v) is 3.27. The topological polar surface area (TPSA) is 42.7 Å². The molecule has 4 nitrogen and oxygen atoms in total. The fourth-order valence-electron chi connectivity index (χ4n) is 3.27. The zero-order valence-electron chi connectivity index (χ0n) is 17.4. The molecule has 30 heavy (non-hydrogen) atoms. The Balaban J connectivity index is 1.44. The van der Waals surface area contributed by atoms with E-state index in [1.54, 1.807) is 6.20 Å². The number of aromatic nitrogens is 3. The lowest BCUT2D eigenvalue weighted by Gasteiger charge is -2.09. The SMILES string of the molecule is CC(C)Cc1cn(-c2cccc(Nc3ccc(/C=C/c4ccccn4)cc3)c2)cn1. The van der Waals surface area contributed by atoms with Crippen LogP contribution in [0.15, 0.2) is 85.5 Å². The molecule has 2 aromatic heterocycles. The third kappa shape index (κ3) is 5.23. The number of hydrogen-bond acceptors (Lipinski definition) is 3. The average Bonchev–Trinajstić information content (AvgIpc) is 3.22. The number of anilines is 2. The molecule has 2 aromatic carbocycles. The molecule has 1 N–H and O–H groups in total. The van der Waals surface area contributed by atoms with Gasteiger partial charge in [-0.1, -0.05) is 44.2 Å². The lowest BCUT2D eigenvalue weighted by molar-refractivity contribution is 0.637. The molecule has 4 heteroatoms. The molecule has 0 saturated heterocycles. The Labute approximate surface area is 178 Å². The monoisotopic (exact) mass is 394 g/mol. The Hall–Kier alpha value is -3.66. The van der Waals surface area contributed by atoms with Crippen LogP contribution in [0.4, 0.5) is 11.4 Å². The van der Waals surface area contributed by atoms with Crippen molar-refractivity contribution in [3.63, 3.8) is 0 Å². The third-order valence-electron chi connectivity index (χ3n) is 4.73. The van der Waals surface area contributed by atoms with Gasteiger partial charge in [-0.25, -0.2) is 4.98 Å². The van der Waals surface area contributed by atoms with Gasteiger partial charge in [0, 0.05) is 29.5 Å². The number of hydrogen-bond donors (Lipinski definition) is 1. The Morgan fingerprint density at radius 2 is 1.77 bits per heavy atom. The van der Waals surface area contributed by atoms with Gasteiger partial charge in [0.2, 0.25) is 0 Å². The van der Waals surface area contributed by atoms with Crippen LogP contribution in [0.25, 0.3) is 17.8 Å². The lowest BCUT2D eigenvalue weighted by atomic mass is 10.1. The van der Waals surface area contributed by atoms with Crippen molar-refractivity contribution in [3.05, 3.63) is 102 Å². The van der Waals surface area contributed by atoms with Gasteiger partial charge < -0.3 is 9.88 Å². The second-order valence-corrected chi connectivity index (χ2v) is 7.76. The molecular weight excluding hydrogens is 368 g/mol. The van der Waals surface area contributed by atoms with Gasteiger partial charge in [0.15, 0.2) is 0 Å². The first-order valence-electron chi connectivity index (χ1n) is 10.3. The summed E-state index contributed by atoms with van der Waals surface area (Å²) in [7, 11) is 0. The van der Waals surface area contributed by atoms with Crippen LogP contribution in [0.2, 0.25) is 0 Å². The highest BCUT2D eigenvalue weighted by atomic mass is 15.0. The van der Waals surface area contributed by atoms with Crippen LogP contribution in [-0.4, -0.2) is 14.5 Å². The molecule has 0 radical (unpaired) electrons. The van der Waals surface area contributed by atoms with Crippen molar-refractivity contribution in [3.8, 4) is 5.69 Å². The van der Waals surface area contributed by atoms with E-state index in [-0.39, 0.29) is 0 Å². The number of benzene rings is 2. The van der Waals surface area contributed by atoms with E-state index < -0.39 is 0 Å². The summed E-state index contributed by atoms with van der Waals surface area (Å²) >= 11 is 0. The molecule has 0 aliphatic carbocycles. The largest absolute Gasteiger partial charge is 0.355 e. The van der Waals surface area contributed by atoms with E-state index in [1.807, 2.05) is 30.6 Å². The molecule has 0 spiro atoms. The van der Waals surface area contributed by atoms with Crippen LogP contribution in [0.3, 0.4) is 0 Å². The highest BCUT2D eigenvalue weighted by Crippen LogP contribution is 2.21. The molecule has 0 atom stereocenters. The maximum absolute atomic E-state index is 4.53. The van der Waals surface area contributed by atoms with Gasteiger partial charge in [-0.15, -0.1) is 0 Å². The van der Waals surface area contributed by atoms with Crippen LogP contribution in [-0.2, 0) is 6.42 Å². The van der Waals surface area contributed by atoms with Gasteiger partial charge >= 0.3 is 0 Å². The number of nitrogens with zero attached hydrogens (tertiary/aromatic N) is 3. The Kier molecular flexibility index (Phi) is 6.04. The molecule has 0 aliphatic rings. The van der Waals surface area contributed by atoms with Crippen molar-refractivity contribution in [1.82, 2.24) is 14.5 Å². The van der Waals surface area contributed by atoms with Crippen LogP contribution >= 0.6 is 0 Å². The summed E-state index contributed by atoms with van der Waals surface area (Å²) in [5.74, 6) is 0.600. The number of imidazole rings is 1. The molecule has 2 heterocycles. The zero-order valence-corrected chi connectivity index (χ0v) is 17.4. The number of pyridine rings is 1. The maximum Gasteiger partial charge on any atom is 0.0995 e. The first-order valence-corrected chi connectivity index (χ1v) is 10.3. The summed E-state index contributed by atoms with van der Waals surface area (Å²) in [6, 6.07) is 22.6. The van der Waals surface area contributed by atoms with Crippen molar-refractivity contribution in [2.75, 3.05) is 5.32 Å². The first-order chi connectivity index (χ1) is 14.7. The molecule has 0 fully saturated rings. The standard InChI is InChI=1S/C26H26N4/c1-20(2)16-25-18-30(19-28-25)26-8-5-7-24(17-26)29-23-13-10-21(11-14-23)9-12-22-6-3-4-15-27-22/h3-15,17-20,29H,16H2,1-2H3/b12-9+. The van der Waals surface area contributed by atoms with E-state index in [0.29, 0.717) is 5.92 Å². The van der Waals surface area contributed by atoms with Gasteiger partial charge in [0.25, 0.3) is 0 Å². The van der Waals surface area contributed by atoms with Gasteiger partial charge in [0.1, 0.15) is 0 Å². The van der Waals surface area contributed by atoms with E-state index in [1.165, 1.54) is 0 Å². The summed E-state index contributed by atoms with van der Waals surface area (Å²) in [6.07, 6.45) is 10.9. The summed E-state index contributed by atoms with van der Waals surface area (Å²) in [5, 5.41) is 3.48. The normalized spacial score (nSPS) is 11.3. The highest BCUT2D eigenvalue weighted by Gasteiger charge is 2.04. The minimum atomic E-state index is 0.600. The minimum Gasteiger partial charge on any atom is -0.355 e. The summed E-state index contributed by atoms with van der Waals surface area (Å²) in [4.78, 5) is 8.84. The van der Waals surface area contributed by atoms with E-state index in [9.17, 15) is 0 Å². The molecule has 4 rings (SSSR count). The van der Waals surface area contributed by atoms with E-state index in [4.69, 9.17) is 0 Å². The van der Waals surface area contributed by atoms with Crippen molar-refractivity contribution in [1.29, 1.82) is 0 Å². The lowest BCUT2D eigenvalue weighted by Crippen LogP contribution is -1.95. The molecule has 150 valence electrons. The summed E-state index contributed by atoms with van der Waals surface area (Å²) < 4.78 is 2.08. The van der Waals surface area contributed by atoms with E-state index in [0.717, 1.165) is 40.4 Å². The van der Waals surface area contributed by atoms with Crippen molar-refractivity contribution < 1.29 is 0 Å². The second-order valence-electron chi connectivity index (χ2n) is 7.76. The minimum absolute atomic E-state index is 0.600.